The van der Waals surface area contributed by atoms with Gasteiger partial charge in [-0.05, 0) is 23.9 Å². The highest BCUT2D eigenvalue weighted by atomic mass is 32.2. The van der Waals surface area contributed by atoms with Gasteiger partial charge in [-0.15, -0.1) is 0 Å². The lowest BCUT2D eigenvalue weighted by Crippen LogP contribution is -2.24. The van der Waals surface area contributed by atoms with Gasteiger partial charge in [0.05, 0.1) is 0 Å². The number of thioether (sulfide) groups is 1. The van der Waals surface area contributed by atoms with Crippen molar-refractivity contribution >= 4 is 23.1 Å². The summed E-state index contributed by atoms with van der Waals surface area (Å²) in [6.45, 7) is 0.197. The van der Waals surface area contributed by atoms with Crippen molar-refractivity contribution in [2.45, 2.75) is 6.23 Å². The van der Waals surface area contributed by atoms with Crippen molar-refractivity contribution in [3.63, 3.8) is 0 Å². The third-order valence-corrected chi connectivity index (χ3v) is 3.34. The summed E-state index contributed by atoms with van der Waals surface area (Å²) in [6.07, 6.45) is 0.784. The second-order valence-electron chi connectivity index (χ2n) is 3.56. The number of ether oxygens (including phenoxy) is 2. The molecule has 5 nitrogen and oxygen atoms in total. The highest BCUT2D eigenvalue weighted by molar-refractivity contribution is 8.17. The number of hydrogen-bond acceptors (Lipinski definition) is 5. The van der Waals surface area contributed by atoms with Crippen LogP contribution >= 0.6 is 11.8 Å². The topological polar surface area (TPSA) is 67.8 Å². The summed E-state index contributed by atoms with van der Waals surface area (Å²) in [5.41, 5.74) is 0.790. The fourth-order valence-electron chi connectivity index (χ4n) is 1.70. The fourth-order valence-corrected chi connectivity index (χ4v) is 2.44. The number of hydrogen-bond donors (Lipinski definition) is 2. The van der Waals surface area contributed by atoms with Gasteiger partial charge in [0, 0.05) is 10.5 Å². The van der Waals surface area contributed by atoms with E-state index in [1.54, 1.807) is 6.08 Å². The maximum absolute atomic E-state index is 11.1. The van der Waals surface area contributed by atoms with Gasteiger partial charge in [0.25, 0.3) is 5.24 Å². The van der Waals surface area contributed by atoms with Gasteiger partial charge in [-0.25, -0.2) is 0 Å². The van der Waals surface area contributed by atoms with Crippen LogP contribution in [0.2, 0.25) is 0 Å². The number of fused-ring (bicyclic) bond motifs is 1. The molecule has 0 radical (unpaired) electrons. The van der Waals surface area contributed by atoms with Gasteiger partial charge in [-0.1, -0.05) is 12.1 Å². The van der Waals surface area contributed by atoms with Crippen LogP contribution in [-0.2, 0) is 0 Å². The molecule has 3 rings (SSSR count). The molecule has 17 heavy (non-hydrogen) atoms. The van der Waals surface area contributed by atoms with Crippen LogP contribution in [0, 0.1) is 0 Å². The Labute approximate surface area is 101 Å². The largest absolute Gasteiger partial charge is 0.454 e. The monoisotopic (exact) mass is 251 g/mol. The average Bonchev–Trinajstić information content (AvgIpc) is 2.87. The number of aliphatic hydroxyl groups is 1. The first-order chi connectivity index (χ1) is 8.24. The molecule has 0 aromatic heterocycles. The minimum absolute atomic E-state index is 0.197. The van der Waals surface area contributed by atoms with Crippen molar-refractivity contribution in [1.29, 1.82) is 0 Å². The molecule has 6 heteroatoms. The molecule has 1 fully saturated rings. The summed E-state index contributed by atoms with van der Waals surface area (Å²) < 4.78 is 10.6. The Hall–Kier alpha value is -1.66. The lowest BCUT2D eigenvalue weighted by Gasteiger charge is -2.04. The molecular weight excluding hydrogens is 242 g/mol. The Morgan fingerprint density at radius 2 is 2.35 bits per heavy atom. The number of amides is 1. The summed E-state index contributed by atoms with van der Waals surface area (Å²) in [7, 11) is 0. The zero-order valence-corrected chi connectivity index (χ0v) is 9.49. The molecule has 1 unspecified atom stereocenters. The molecule has 0 bridgehead atoms. The summed E-state index contributed by atoms with van der Waals surface area (Å²) in [6, 6.07) is 5.49. The fraction of sp³-hybridized carbons (Fsp3) is 0.182. The van der Waals surface area contributed by atoms with Crippen LogP contribution in [0.5, 0.6) is 11.5 Å². The number of carbonyl (C=O) groups excluding carboxylic acids is 1. The zero-order chi connectivity index (χ0) is 11.8. The van der Waals surface area contributed by atoms with Gasteiger partial charge in [0.2, 0.25) is 6.79 Å². The summed E-state index contributed by atoms with van der Waals surface area (Å²) in [4.78, 5) is 11.6. The Bertz CT molecular complexity index is 514. The Kier molecular flexibility index (Phi) is 2.45. The molecule has 2 heterocycles. The second-order valence-corrected chi connectivity index (χ2v) is 4.61. The predicted octanol–water partition coefficient (Wildman–Crippen LogP) is 1.53. The molecule has 2 aliphatic rings. The second kappa shape index (κ2) is 3.97. The Morgan fingerprint density at radius 1 is 1.47 bits per heavy atom. The molecule has 0 aliphatic carbocycles. The van der Waals surface area contributed by atoms with Gasteiger partial charge in [-0.2, -0.15) is 0 Å². The minimum Gasteiger partial charge on any atom is -0.454 e. The minimum atomic E-state index is -0.939. The van der Waals surface area contributed by atoms with Crippen LogP contribution < -0.4 is 14.8 Å². The molecule has 1 atom stereocenters. The number of para-hydroxylation sites is 1. The number of aliphatic hydroxyl groups excluding tert-OH is 1. The number of nitrogens with one attached hydrogen (secondary N) is 1. The van der Waals surface area contributed by atoms with E-state index in [2.05, 4.69) is 5.32 Å². The van der Waals surface area contributed by atoms with Gasteiger partial charge in [0.15, 0.2) is 17.7 Å². The number of rotatable bonds is 1. The number of benzene rings is 1. The van der Waals surface area contributed by atoms with Gasteiger partial charge >= 0.3 is 0 Å². The third kappa shape index (κ3) is 1.85. The van der Waals surface area contributed by atoms with Crippen LogP contribution in [0.1, 0.15) is 5.56 Å². The highest BCUT2D eigenvalue weighted by Gasteiger charge is 2.26. The molecule has 0 saturated carbocycles. The average molecular weight is 251 g/mol. The molecule has 88 valence electrons. The SMILES string of the molecule is O=C1NC(O)/C(=C/c2cccc3c2OCO3)S1. The van der Waals surface area contributed by atoms with E-state index in [0.29, 0.717) is 16.4 Å². The summed E-state index contributed by atoms with van der Waals surface area (Å²) >= 11 is 0.979. The van der Waals surface area contributed by atoms with E-state index in [0.717, 1.165) is 17.3 Å². The van der Waals surface area contributed by atoms with E-state index >= 15 is 0 Å². The van der Waals surface area contributed by atoms with Gasteiger partial charge in [0.1, 0.15) is 0 Å². The van der Waals surface area contributed by atoms with E-state index in [1.807, 2.05) is 18.2 Å². The molecule has 1 amide bonds. The normalized spacial score (nSPS) is 24.2. The molecular formula is C11H9NO4S. The van der Waals surface area contributed by atoms with Crippen molar-refractivity contribution in [3.05, 3.63) is 28.7 Å². The van der Waals surface area contributed by atoms with E-state index in [-0.39, 0.29) is 12.0 Å². The Balaban J connectivity index is 1.98. The van der Waals surface area contributed by atoms with Crippen LogP contribution in [0.15, 0.2) is 23.1 Å². The zero-order valence-electron chi connectivity index (χ0n) is 8.67. The Morgan fingerprint density at radius 3 is 3.12 bits per heavy atom. The van der Waals surface area contributed by atoms with E-state index in [1.165, 1.54) is 0 Å². The first kappa shape index (κ1) is 10.5. The van der Waals surface area contributed by atoms with Crippen molar-refractivity contribution in [2.75, 3.05) is 6.79 Å². The van der Waals surface area contributed by atoms with Crippen LogP contribution in [0.3, 0.4) is 0 Å². The molecule has 2 N–H and O–H groups in total. The van der Waals surface area contributed by atoms with Gasteiger partial charge in [-0.3, -0.25) is 4.79 Å². The lowest BCUT2D eigenvalue weighted by atomic mass is 10.1. The molecule has 0 spiro atoms. The standard InChI is InChI=1S/C11H9NO4S/c13-10-8(17-11(14)12-10)4-6-2-1-3-7-9(6)16-5-15-7/h1-4,10,13H,5H2,(H,12,14)/b8-4-. The van der Waals surface area contributed by atoms with Crippen LogP contribution in [0.4, 0.5) is 4.79 Å². The highest BCUT2D eigenvalue weighted by Crippen LogP contribution is 2.38. The van der Waals surface area contributed by atoms with Crippen molar-refractivity contribution in [2.24, 2.45) is 0 Å². The first-order valence-electron chi connectivity index (χ1n) is 5.00. The molecule has 1 aromatic rings. The number of carbonyl (C=O) groups is 1. The maximum Gasteiger partial charge on any atom is 0.285 e. The summed E-state index contributed by atoms with van der Waals surface area (Å²) in [5, 5.41) is 11.7. The van der Waals surface area contributed by atoms with Crippen molar-refractivity contribution in [3.8, 4) is 11.5 Å². The molecule has 1 aromatic carbocycles. The molecule has 2 aliphatic heterocycles. The first-order valence-corrected chi connectivity index (χ1v) is 5.82. The maximum atomic E-state index is 11.1. The van der Waals surface area contributed by atoms with E-state index in [9.17, 15) is 9.90 Å². The van der Waals surface area contributed by atoms with Crippen molar-refractivity contribution in [1.82, 2.24) is 5.32 Å². The third-order valence-electron chi connectivity index (χ3n) is 2.46. The van der Waals surface area contributed by atoms with Crippen LogP contribution in [0.25, 0.3) is 6.08 Å². The van der Waals surface area contributed by atoms with Gasteiger partial charge < -0.3 is 19.9 Å². The quantitative estimate of drug-likeness (QED) is 0.792. The van der Waals surface area contributed by atoms with E-state index < -0.39 is 6.23 Å². The lowest BCUT2D eigenvalue weighted by molar-refractivity contribution is 0.173. The predicted molar refractivity (Wildman–Crippen MR) is 62.7 cm³/mol. The summed E-state index contributed by atoms with van der Waals surface area (Å²) in [5.74, 6) is 1.32. The molecule has 1 saturated heterocycles. The van der Waals surface area contributed by atoms with E-state index in [4.69, 9.17) is 9.47 Å². The van der Waals surface area contributed by atoms with Crippen LogP contribution in [-0.4, -0.2) is 23.4 Å². The smallest absolute Gasteiger partial charge is 0.285 e. The van der Waals surface area contributed by atoms with Crippen molar-refractivity contribution < 1.29 is 19.4 Å².